The summed E-state index contributed by atoms with van der Waals surface area (Å²) in [6, 6.07) is 19.4. The standard InChI is InChI=1S/C23H22N2O5S/c1-16-7-9-17(10-8-16)15-24-22(26)20-5-3-4-6-21(20)25-31(28,29)19-13-11-18(12-14-19)23(27)30-2/h3-14,25H,15H2,1-2H3,(H,24,26). The molecule has 31 heavy (non-hydrogen) atoms. The van der Waals surface area contributed by atoms with Gasteiger partial charge in [-0.25, -0.2) is 13.2 Å². The molecule has 2 N–H and O–H groups in total. The first kappa shape index (κ1) is 22.0. The number of amides is 1. The van der Waals surface area contributed by atoms with Gasteiger partial charge in [0.15, 0.2) is 0 Å². The molecule has 0 saturated heterocycles. The average Bonchev–Trinajstić information content (AvgIpc) is 2.78. The van der Waals surface area contributed by atoms with Gasteiger partial charge >= 0.3 is 5.97 Å². The predicted octanol–water partition coefficient (Wildman–Crippen LogP) is 3.51. The third-order valence-electron chi connectivity index (χ3n) is 4.58. The molecule has 0 aromatic heterocycles. The SMILES string of the molecule is COC(=O)c1ccc(S(=O)(=O)Nc2ccccc2C(=O)NCc2ccc(C)cc2)cc1. The highest BCUT2D eigenvalue weighted by molar-refractivity contribution is 7.92. The third kappa shape index (κ3) is 5.49. The number of nitrogens with one attached hydrogen (secondary N) is 2. The Morgan fingerprint density at radius 1 is 0.903 bits per heavy atom. The van der Waals surface area contributed by atoms with Crippen molar-refractivity contribution >= 4 is 27.6 Å². The molecule has 160 valence electrons. The van der Waals surface area contributed by atoms with Gasteiger partial charge < -0.3 is 10.1 Å². The van der Waals surface area contributed by atoms with Crippen molar-refractivity contribution in [3.8, 4) is 0 Å². The summed E-state index contributed by atoms with van der Waals surface area (Å²) in [5, 5.41) is 2.80. The summed E-state index contributed by atoms with van der Waals surface area (Å²) in [5.41, 5.74) is 2.64. The maximum atomic E-state index is 12.8. The first-order valence-corrected chi connectivity index (χ1v) is 10.9. The maximum absolute atomic E-state index is 12.8. The van der Waals surface area contributed by atoms with Crippen molar-refractivity contribution in [3.63, 3.8) is 0 Å². The third-order valence-corrected chi connectivity index (χ3v) is 5.96. The van der Waals surface area contributed by atoms with Crippen LogP contribution >= 0.6 is 0 Å². The van der Waals surface area contributed by atoms with Gasteiger partial charge in [0.25, 0.3) is 15.9 Å². The van der Waals surface area contributed by atoms with Crippen molar-refractivity contribution in [1.82, 2.24) is 5.32 Å². The van der Waals surface area contributed by atoms with Gasteiger partial charge in [-0.2, -0.15) is 0 Å². The van der Waals surface area contributed by atoms with Crippen LogP contribution in [-0.4, -0.2) is 27.4 Å². The summed E-state index contributed by atoms with van der Waals surface area (Å²) in [5.74, 6) is -0.965. The normalized spacial score (nSPS) is 10.9. The van der Waals surface area contributed by atoms with E-state index in [0.29, 0.717) is 6.54 Å². The lowest BCUT2D eigenvalue weighted by molar-refractivity contribution is 0.0600. The number of para-hydroxylation sites is 1. The van der Waals surface area contributed by atoms with E-state index < -0.39 is 21.9 Å². The number of anilines is 1. The first-order chi connectivity index (χ1) is 14.8. The molecular formula is C23H22N2O5S. The second-order valence-corrected chi connectivity index (χ2v) is 8.52. The van der Waals surface area contributed by atoms with E-state index in [2.05, 4.69) is 14.8 Å². The summed E-state index contributed by atoms with van der Waals surface area (Å²) in [4.78, 5) is 24.2. The molecule has 0 bridgehead atoms. The number of aryl methyl sites for hydroxylation is 1. The molecule has 0 unspecified atom stereocenters. The van der Waals surface area contributed by atoms with E-state index in [1.807, 2.05) is 31.2 Å². The van der Waals surface area contributed by atoms with Crippen molar-refractivity contribution in [2.45, 2.75) is 18.4 Å². The quantitative estimate of drug-likeness (QED) is 0.550. The Kier molecular flexibility index (Phi) is 6.71. The largest absolute Gasteiger partial charge is 0.465 e. The van der Waals surface area contributed by atoms with Gasteiger partial charge in [-0.3, -0.25) is 9.52 Å². The Bertz CT molecular complexity index is 1190. The summed E-state index contributed by atoms with van der Waals surface area (Å²) >= 11 is 0. The Labute approximate surface area is 181 Å². The van der Waals surface area contributed by atoms with Crippen LogP contribution in [0.15, 0.2) is 77.7 Å². The van der Waals surface area contributed by atoms with E-state index in [1.165, 1.54) is 37.4 Å². The number of esters is 1. The number of methoxy groups -OCH3 is 1. The molecule has 7 nitrogen and oxygen atoms in total. The molecule has 0 spiro atoms. The van der Waals surface area contributed by atoms with E-state index >= 15 is 0 Å². The molecule has 0 saturated carbocycles. The Balaban J connectivity index is 1.76. The number of carbonyl (C=O) groups excluding carboxylic acids is 2. The molecule has 3 aromatic carbocycles. The zero-order valence-electron chi connectivity index (χ0n) is 17.1. The molecule has 0 atom stereocenters. The smallest absolute Gasteiger partial charge is 0.337 e. The van der Waals surface area contributed by atoms with Crippen LogP contribution < -0.4 is 10.0 Å². The van der Waals surface area contributed by atoms with Crippen LogP contribution in [-0.2, 0) is 21.3 Å². The topological polar surface area (TPSA) is 102 Å². The zero-order valence-corrected chi connectivity index (χ0v) is 17.9. The molecule has 8 heteroatoms. The lowest BCUT2D eigenvalue weighted by Crippen LogP contribution is -2.25. The van der Waals surface area contributed by atoms with E-state index in [-0.39, 0.29) is 21.7 Å². The van der Waals surface area contributed by atoms with Crippen molar-refractivity contribution in [2.75, 3.05) is 11.8 Å². The van der Waals surface area contributed by atoms with E-state index in [9.17, 15) is 18.0 Å². The van der Waals surface area contributed by atoms with Gasteiger partial charge in [-0.15, -0.1) is 0 Å². The van der Waals surface area contributed by atoms with E-state index in [1.54, 1.807) is 18.2 Å². The molecule has 0 radical (unpaired) electrons. The van der Waals surface area contributed by atoms with E-state index in [4.69, 9.17) is 0 Å². The van der Waals surface area contributed by atoms with Crippen LogP contribution in [0.1, 0.15) is 31.8 Å². The van der Waals surface area contributed by atoms with Gasteiger partial charge in [0.2, 0.25) is 0 Å². The molecule has 3 aromatic rings. The van der Waals surface area contributed by atoms with Crippen LogP contribution in [0.25, 0.3) is 0 Å². The van der Waals surface area contributed by atoms with Crippen LogP contribution in [0.2, 0.25) is 0 Å². The summed E-state index contributed by atoms with van der Waals surface area (Å²) < 4.78 is 32.6. The van der Waals surface area contributed by atoms with Gasteiger partial charge in [-0.1, -0.05) is 42.0 Å². The molecular weight excluding hydrogens is 416 g/mol. The summed E-state index contributed by atoms with van der Waals surface area (Å²) in [7, 11) is -2.73. The Morgan fingerprint density at radius 3 is 2.19 bits per heavy atom. The lowest BCUT2D eigenvalue weighted by atomic mass is 10.1. The maximum Gasteiger partial charge on any atom is 0.337 e. The van der Waals surface area contributed by atoms with Crippen molar-refractivity contribution in [1.29, 1.82) is 0 Å². The Morgan fingerprint density at radius 2 is 1.55 bits per heavy atom. The number of carbonyl (C=O) groups is 2. The molecule has 3 rings (SSSR count). The van der Waals surface area contributed by atoms with Gasteiger partial charge in [0, 0.05) is 6.54 Å². The zero-order chi connectivity index (χ0) is 22.4. The number of hydrogen-bond donors (Lipinski definition) is 2. The number of ether oxygens (including phenoxy) is 1. The minimum Gasteiger partial charge on any atom is -0.465 e. The van der Waals surface area contributed by atoms with Crippen LogP contribution in [0.5, 0.6) is 0 Å². The molecule has 0 heterocycles. The minimum atomic E-state index is -3.97. The molecule has 0 aliphatic carbocycles. The average molecular weight is 439 g/mol. The first-order valence-electron chi connectivity index (χ1n) is 9.44. The predicted molar refractivity (Wildman–Crippen MR) is 117 cm³/mol. The van der Waals surface area contributed by atoms with Crippen LogP contribution in [0, 0.1) is 6.92 Å². The van der Waals surface area contributed by atoms with Crippen molar-refractivity contribution in [3.05, 3.63) is 95.1 Å². The number of rotatable bonds is 7. The highest BCUT2D eigenvalue weighted by Gasteiger charge is 2.19. The summed E-state index contributed by atoms with van der Waals surface area (Å²) in [6.07, 6.45) is 0. The number of hydrogen-bond acceptors (Lipinski definition) is 5. The van der Waals surface area contributed by atoms with Gasteiger partial charge in [-0.05, 0) is 48.9 Å². The highest BCUT2D eigenvalue weighted by Crippen LogP contribution is 2.21. The van der Waals surface area contributed by atoms with Crippen LogP contribution in [0.4, 0.5) is 5.69 Å². The van der Waals surface area contributed by atoms with Crippen molar-refractivity contribution in [2.24, 2.45) is 0 Å². The van der Waals surface area contributed by atoms with E-state index in [0.717, 1.165) is 11.1 Å². The number of sulfonamides is 1. The fourth-order valence-electron chi connectivity index (χ4n) is 2.85. The fraction of sp³-hybridized carbons (Fsp3) is 0.130. The minimum absolute atomic E-state index is 0.0463. The number of benzene rings is 3. The second kappa shape index (κ2) is 9.44. The van der Waals surface area contributed by atoms with Crippen molar-refractivity contribution < 1.29 is 22.7 Å². The van der Waals surface area contributed by atoms with Gasteiger partial charge in [0.1, 0.15) is 0 Å². The second-order valence-electron chi connectivity index (χ2n) is 6.84. The van der Waals surface area contributed by atoms with Crippen LogP contribution in [0.3, 0.4) is 0 Å². The lowest BCUT2D eigenvalue weighted by Gasteiger charge is -2.13. The molecule has 0 aliphatic heterocycles. The molecule has 0 aliphatic rings. The highest BCUT2D eigenvalue weighted by atomic mass is 32.2. The monoisotopic (exact) mass is 438 g/mol. The molecule has 0 fully saturated rings. The van der Waals surface area contributed by atoms with Gasteiger partial charge in [0.05, 0.1) is 28.8 Å². The fourth-order valence-corrected chi connectivity index (χ4v) is 3.93. The Hall–Kier alpha value is -3.65. The molecule has 1 amide bonds. The summed E-state index contributed by atoms with van der Waals surface area (Å²) in [6.45, 7) is 2.29.